The minimum absolute atomic E-state index is 0.165. The molecule has 4 aromatic rings. The van der Waals surface area contributed by atoms with Gasteiger partial charge in [-0.25, -0.2) is 4.99 Å². The van der Waals surface area contributed by atoms with Crippen LogP contribution in [0.3, 0.4) is 0 Å². The van der Waals surface area contributed by atoms with Gasteiger partial charge in [0.2, 0.25) is 23.9 Å². The van der Waals surface area contributed by atoms with E-state index in [1.54, 1.807) is 109 Å². The van der Waals surface area contributed by atoms with Crippen LogP contribution in [0.1, 0.15) is 86.1 Å². The smallest absolute Gasteiger partial charge is 0.369 e. The number of likely N-dealkylation sites (N-methyl/N-ethyl adjacent to an activating group) is 1. The van der Waals surface area contributed by atoms with E-state index >= 15 is 0 Å². The van der Waals surface area contributed by atoms with E-state index in [1.807, 2.05) is 0 Å². The number of primary amides is 1. The van der Waals surface area contributed by atoms with Gasteiger partial charge < -0.3 is 21.3 Å². The number of benzene rings is 4. The van der Waals surface area contributed by atoms with Crippen molar-refractivity contribution in [2.45, 2.75) is 102 Å². The molecule has 0 aliphatic carbocycles. The molecule has 0 fully saturated rings. The SMILES string of the molecule is CC(=O)[C@@H](CCC(F)(F)F)[C@@H](CCC(F)(F)F)C(=O)N[C@H]1N=C(c2ccccc2)c2ccccc2N(C)C1=O.NC(=O)[C@@H](CCC(F)(F)F)[C@@H](CCC(F)(F)F)C(=O)N[C@H]1N=C(c2ccccc2)c2ccccc2CC1=O. The summed E-state index contributed by atoms with van der Waals surface area (Å²) in [6, 6.07) is 31.0. The Morgan fingerprint density at radius 3 is 1.39 bits per heavy atom. The number of hydrogen-bond donors (Lipinski definition) is 3. The number of carbonyl (C=O) groups is 6. The van der Waals surface area contributed by atoms with Gasteiger partial charge in [-0.15, -0.1) is 0 Å². The largest absolute Gasteiger partial charge is 0.389 e. The molecule has 2 aliphatic rings. The number of hydrogen-bond acceptors (Lipinski definition) is 8. The third-order valence-electron chi connectivity index (χ3n) is 12.7. The summed E-state index contributed by atoms with van der Waals surface area (Å²) in [5, 5.41) is 4.60. The lowest BCUT2D eigenvalue weighted by atomic mass is 9.81. The average molecular weight is 1100 g/mol. The van der Waals surface area contributed by atoms with Crippen LogP contribution in [0.25, 0.3) is 0 Å². The number of fused-ring (bicyclic) bond motifs is 2. The van der Waals surface area contributed by atoms with Crippen LogP contribution in [0.2, 0.25) is 0 Å². The van der Waals surface area contributed by atoms with Crippen molar-refractivity contribution < 1.29 is 81.5 Å². The number of amides is 4. The first kappa shape index (κ1) is 60.5. The highest BCUT2D eigenvalue weighted by Gasteiger charge is 2.43. The highest BCUT2D eigenvalue weighted by atomic mass is 19.4. The van der Waals surface area contributed by atoms with E-state index in [-0.39, 0.29) is 6.42 Å². The lowest BCUT2D eigenvalue weighted by Gasteiger charge is -2.27. The summed E-state index contributed by atoms with van der Waals surface area (Å²) in [5.41, 5.74) is 9.30. The lowest BCUT2D eigenvalue weighted by Crippen LogP contribution is -2.49. The van der Waals surface area contributed by atoms with Gasteiger partial charge in [0.05, 0.1) is 17.1 Å². The van der Waals surface area contributed by atoms with Crippen LogP contribution in [0.5, 0.6) is 0 Å². The summed E-state index contributed by atoms with van der Waals surface area (Å²) < 4.78 is 155. The number of nitrogens with one attached hydrogen (secondary N) is 2. The van der Waals surface area contributed by atoms with Gasteiger partial charge in [0, 0.05) is 85.1 Å². The molecule has 4 aromatic carbocycles. The van der Waals surface area contributed by atoms with Crippen molar-refractivity contribution in [3.8, 4) is 0 Å². The molecule has 0 aromatic heterocycles. The van der Waals surface area contributed by atoms with Crippen LogP contribution in [0.15, 0.2) is 119 Å². The van der Waals surface area contributed by atoms with Gasteiger partial charge in [0.1, 0.15) is 5.78 Å². The molecule has 0 spiro atoms. The van der Waals surface area contributed by atoms with Gasteiger partial charge >= 0.3 is 24.7 Å². The second-order valence-electron chi connectivity index (χ2n) is 18.3. The molecule has 6 rings (SSSR count). The van der Waals surface area contributed by atoms with Crippen molar-refractivity contribution in [1.29, 1.82) is 0 Å². The van der Waals surface area contributed by atoms with Crippen molar-refractivity contribution in [3.05, 3.63) is 137 Å². The van der Waals surface area contributed by atoms with E-state index in [2.05, 4.69) is 20.6 Å². The molecule has 0 saturated carbocycles. The van der Waals surface area contributed by atoms with Crippen molar-refractivity contribution in [2.75, 3.05) is 11.9 Å². The molecule has 4 amide bonds. The molecule has 414 valence electrons. The number of anilines is 1. The molecule has 0 bridgehead atoms. The number of rotatable bonds is 18. The maximum absolute atomic E-state index is 13.3. The van der Waals surface area contributed by atoms with Gasteiger partial charge in [-0.1, -0.05) is 103 Å². The van der Waals surface area contributed by atoms with Crippen molar-refractivity contribution >= 4 is 52.3 Å². The van der Waals surface area contributed by atoms with E-state index in [1.165, 1.54) is 11.9 Å². The van der Waals surface area contributed by atoms with E-state index in [0.717, 1.165) is 6.92 Å². The Morgan fingerprint density at radius 2 is 0.922 bits per heavy atom. The van der Waals surface area contributed by atoms with Crippen LogP contribution < -0.4 is 21.3 Å². The number of nitrogens with two attached hydrogens (primary N) is 1. The molecule has 6 atom stereocenters. The third-order valence-corrected chi connectivity index (χ3v) is 12.7. The first-order chi connectivity index (χ1) is 35.9. The van der Waals surface area contributed by atoms with Crippen molar-refractivity contribution in [3.63, 3.8) is 0 Å². The number of nitrogens with zero attached hydrogens (tertiary/aromatic N) is 3. The fourth-order valence-electron chi connectivity index (χ4n) is 8.86. The van der Waals surface area contributed by atoms with Crippen molar-refractivity contribution in [2.24, 2.45) is 39.4 Å². The molecule has 24 heteroatoms. The average Bonchev–Trinajstić information content (AvgIpc) is 3.55. The van der Waals surface area contributed by atoms with E-state index in [0.29, 0.717) is 44.9 Å². The number of benzodiazepines with no additional fused rings is 1. The molecule has 77 heavy (non-hydrogen) atoms. The summed E-state index contributed by atoms with van der Waals surface area (Å²) in [6.45, 7) is 0.932. The number of para-hydroxylation sites is 1. The molecular weight excluding hydrogens is 1040 g/mol. The van der Waals surface area contributed by atoms with Crippen LogP contribution in [-0.4, -0.2) is 90.7 Å². The van der Waals surface area contributed by atoms with Gasteiger partial charge in [-0.2, -0.15) is 52.7 Å². The van der Waals surface area contributed by atoms with Crippen molar-refractivity contribution in [1.82, 2.24) is 10.6 Å². The molecule has 0 unspecified atom stereocenters. The molecule has 0 saturated heterocycles. The summed E-state index contributed by atoms with van der Waals surface area (Å²) >= 11 is 0. The van der Waals surface area contributed by atoms with Crippen LogP contribution in [-0.2, 0) is 35.2 Å². The summed E-state index contributed by atoms with van der Waals surface area (Å²) in [5.74, 6) is -13.0. The minimum Gasteiger partial charge on any atom is -0.369 e. The Balaban J connectivity index is 0.000000284. The molecule has 4 N–H and O–H groups in total. The predicted octanol–water partition coefficient (Wildman–Crippen LogP) is 9.94. The number of carbonyl (C=O) groups excluding carboxylic acids is 6. The van der Waals surface area contributed by atoms with Crippen LogP contribution in [0, 0.1) is 23.7 Å². The minimum atomic E-state index is -4.75. The third kappa shape index (κ3) is 17.8. The first-order valence-corrected chi connectivity index (χ1v) is 23.8. The Kier molecular flexibility index (Phi) is 20.1. The second kappa shape index (κ2) is 25.6. The summed E-state index contributed by atoms with van der Waals surface area (Å²) in [7, 11) is 1.44. The number of alkyl halides is 12. The number of aliphatic imine (C=N–C) groups is 2. The zero-order valence-corrected chi connectivity index (χ0v) is 41.1. The monoisotopic (exact) mass is 1100 g/mol. The normalized spacial score (nSPS) is 17.6. The first-order valence-electron chi connectivity index (χ1n) is 23.8. The van der Waals surface area contributed by atoms with Gasteiger partial charge in [0.15, 0.2) is 11.9 Å². The van der Waals surface area contributed by atoms with Gasteiger partial charge in [-0.05, 0) is 44.2 Å². The summed E-state index contributed by atoms with van der Waals surface area (Å²) in [4.78, 5) is 87.2. The predicted molar refractivity (Wildman–Crippen MR) is 258 cm³/mol. The highest BCUT2D eigenvalue weighted by Crippen LogP contribution is 2.36. The molecule has 12 nitrogen and oxygen atoms in total. The Morgan fingerprint density at radius 1 is 0.545 bits per heavy atom. The number of halogens is 12. The topological polar surface area (TPSA) is 180 Å². The van der Waals surface area contributed by atoms with Gasteiger partial charge in [0.25, 0.3) is 5.91 Å². The van der Waals surface area contributed by atoms with Crippen LogP contribution >= 0.6 is 0 Å². The zero-order valence-electron chi connectivity index (χ0n) is 41.1. The fourth-order valence-corrected chi connectivity index (χ4v) is 8.86. The standard InChI is InChI=1S/C27H27F6N3O3.C26H25F6N3O3/c1-16(37)18(12-14-26(28,29)30)19(13-15-27(31,32)33)24(38)35-23-25(39)36(2)21-11-7-6-10-20(21)22(34-23)17-8-4-3-5-9-17;27-25(28,29)12-10-18(22(33)37)19(11-13-26(30,31)32)24(38)35-23-20(36)14-16-8-4-5-9-17(16)21(34-23)15-6-2-1-3-7-15/h3-11,18-19,23H,12-15H2,1-2H3,(H,35,38);1-9,18-19,23H,10-14H2,(H2,33,37)(H,35,38)/t18-,19-,23-;18-,19+,23+/m10/s1. The van der Waals surface area contributed by atoms with E-state index in [9.17, 15) is 81.5 Å². The fraction of sp³-hybridized carbons (Fsp3) is 0.396. The molecule has 0 radical (unpaired) electrons. The Labute approximate surface area is 433 Å². The van der Waals surface area contributed by atoms with Crippen LogP contribution in [0.4, 0.5) is 58.4 Å². The maximum Gasteiger partial charge on any atom is 0.389 e. The maximum atomic E-state index is 13.3. The van der Waals surface area contributed by atoms with E-state index < -0.39 is 147 Å². The highest BCUT2D eigenvalue weighted by molar-refractivity contribution is 6.20. The molecule has 2 aliphatic heterocycles. The molecule has 2 heterocycles. The summed E-state index contributed by atoms with van der Waals surface area (Å²) in [6.07, 6.45) is -32.0. The number of ketones is 2. The Hall–Kier alpha value is -7.40. The lowest BCUT2D eigenvalue weighted by molar-refractivity contribution is -0.152. The zero-order chi connectivity index (χ0) is 57.0. The van der Waals surface area contributed by atoms with E-state index in [4.69, 9.17) is 5.73 Å². The quantitative estimate of drug-likeness (QED) is 0.0835. The molecular formula is C53H52F12N6O6. The van der Waals surface area contributed by atoms with Gasteiger partial charge in [-0.3, -0.25) is 33.8 Å². The second-order valence-corrected chi connectivity index (χ2v) is 18.3. The Bertz CT molecular complexity index is 2800. The number of Topliss-reactive ketones (excluding diaryl/α,β-unsaturated/α-hetero) is 2.